The van der Waals surface area contributed by atoms with Crippen LogP contribution in [0.5, 0.6) is 0 Å². The van der Waals surface area contributed by atoms with Gasteiger partial charge in [0.15, 0.2) is 0 Å². The summed E-state index contributed by atoms with van der Waals surface area (Å²) in [6.45, 7) is 4.57. The first-order valence-corrected chi connectivity index (χ1v) is 7.19. The molecular weight excluding hydrogens is 260 g/mol. The van der Waals surface area contributed by atoms with E-state index in [1.807, 2.05) is 0 Å². The number of halogens is 1. The highest BCUT2D eigenvalue weighted by Gasteiger charge is 2.24. The molecule has 3 N–H and O–H groups in total. The molecule has 2 unspecified atom stereocenters. The number of carbonyl (C=O) groups excluding carboxylic acids is 1. The minimum absolute atomic E-state index is 0.416. The van der Waals surface area contributed by atoms with Gasteiger partial charge in [0.25, 0.3) is 0 Å². The van der Waals surface area contributed by atoms with Crippen molar-refractivity contribution in [2.75, 3.05) is 5.32 Å². The van der Waals surface area contributed by atoms with Gasteiger partial charge in [0.1, 0.15) is 0 Å². The van der Waals surface area contributed by atoms with Crippen LogP contribution in [0.15, 0.2) is 18.2 Å². The Hall–Kier alpha value is -1.22. The zero-order valence-electron chi connectivity index (χ0n) is 11.4. The van der Waals surface area contributed by atoms with Gasteiger partial charge < -0.3 is 11.1 Å². The van der Waals surface area contributed by atoms with E-state index in [0.29, 0.717) is 16.6 Å². The van der Waals surface area contributed by atoms with Crippen molar-refractivity contribution in [3.05, 3.63) is 28.8 Å². The van der Waals surface area contributed by atoms with Gasteiger partial charge in [-0.3, -0.25) is 4.79 Å². The monoisotopic (exact) mass is 280 g/mol. The zero-order valence-corrected chi connectivity index (χ0v) is 12.2. The van der Waals surface area contributed by atoms with Crippen LogP contribution < -0.4 is 11.1 Å². The predicted octanol–water partition coefficient (Wildman–Crippen LogP) is 3.68. The fourth-order valence-corrected chi connectivity index (χ4v) is 3.25. The molecule has 0 spiro atoms. The van der Waals surface area contributed by atoms with Gasteiger partial charge in [-0.05, 0) is 49.3 Å². The maximum Gasteiger partial charge on any atom is 0.248 e. The molecule has 1 amide bonds. The van der Waals surface area contributed by atoms with Gasteiger partial charge in [-0.1, -0.05) is 25.4 Å². The second-order valence-corrected chi connectivity index (χ2v) is 6.22. The summed E-state index contributed by atoms with van der Waals surface area (Å²) in [6, 6.07) is 5.54. The number of primary amides is 1. The topological polar surface area (TPSA) is 55.1 Å². The molecule has 1 saturated carbocycles. The van der Waals surface area contributed by atoms with E-state index >= 15 is 0 Å². The smallest absolute Gasteiger partial charge is 0.248 e. The molecule has 1 aliphatic carbocycles. The number of amides is 1. The largest absolute Gasteiger partial charge is 0.381 e. The van der Waals surface area contributed by atoms with Crippen molar-refractivity contribution in [1.29, 1.82) is 0 Å². The second kappa shape index (κ2) is 5.83. The molecule has 19 heavy (non-hydrogen) atoms. The molecule has 0 aromatic heterocycles. The highest BCUT2D eigenvalue weighted by molar-refractivity contribution is 6.33. The number of nitrogens with two attached hydrogens (primary N) is 1. The van der Waals surface area contributed by atoms with E-state index in [0.717, 1.165) is 30.4 Å². The average Bonchev–Trinajstić information content (AvgIpc) is 2.30. The third-order valence-electron chi connectivity index (χ3n) is 3.79. The normalized spacial score (nSPS) is 27.0. The molecule has 0 saturated heterocycles. The van der Waals surface area contributed by atoms with Crippen molar-refractivity contribution in [3.8, 4) is 0 Å². The molecule has 1 aliphatic rings. The quantitative estimate of drug-likeness (QED) is 0.887. The Kier molecular flexibility index (Phi) is 4.35. The van der Waals surface area contributed by atoms with E-state index in [4.69, 9.17) is 17.3 Å². The first-order valence-electron chi connectivity index (χ1n) is 6.81. The summed E-state index contributed by atoms with van der Waals surface area (Å²) in [5.74, 6) is 1.02. The molecule has 1 aromatic carbocycles. The van der Waals surface area contributed by atoms with Gasteiger partial charge in [-0.2, -0.15) is 0 Å². The highest BCUT2D eigenvalue weighted by Crippen LogP contribution is 2.32. The van der Waals surface area contributed by atoms with Gasteiger partial charge in [-0.25, -0.2) is 0 Å². The van der Waals surface area contributed by atoms with Crippen LogP contribution in [-0.4, -0.2) is 11.9 Å². The number of benzene rings is 1. The molecular formula is C15H21ClN2O. The molecule has 2 atom stereocenters. The lowest BCUT2D eigenvalue weighted by atomic mass is 9.80. The molecule has 1 aromatic rings. The Labute approximate surface area is 119 Å². The molecule has 0 heterocycles. The van der Waals surface area contributed by atoms with Crippen molar-refractivity contribution < 1.29 is 4.79 Å². The van der Waals surface area contributed by atoms with Crippen molar-refractivity contribution in [3.63, 3.8) is 0 Å². The minimum Gasteiger partial charge on any atom is -0.381 e. The molecule has 0 bridgehead atoms. The van der Waals surface area contributed by atoms with E-state index in [1.165, 1.54) is 6.42 Å². The third-order valence-corrected chi connectivity index (χ3v) is 4.12. The first-order chi connectivity index (χ1) is 8.95. The van der Waals surface area contributed by atoms with Crippen molar-refractivity contribution in [2.45, 2.75) is 39.2 Å². The van der Waals surface area contributed by atoms with Gasteiger partial charge in [0.05, 0.1) is 10.7 Å². The van der Waals surface area contributed by atoms with Gasteiger partial charge in [0, 0.05) is 11.6 Å². The summed E-state index contributed by atoms with van der Waals surface area (Å²) in [5, 5.41) is 4.10. The van der Waals surface area contributed by atoms with E-state index in [-0.39, 0.29) is 0 Å². The summed E-state index contributed by atoms with van der Waals surface area (Å²) in [7, 11) is 0. The molecule has 104 valence electrons. The molecule has 2 rings (SSSR count). The van der Waals surface area contributed by atoms with Crippen molar-refractivity contribution in [2.24, 2.45) is 17.6 Å². The molecule has 0 aliphatic heterocycles. The zero-order chi connectivity index (χ0) is 14.0. The maximum absolute atomic E-state index is 11.2. The Morgan fingerprint density at radius 2 is 1.89 bits per heavy atom. The Morgan fingerprint density at radius 1 is 1.26 bits per heavy atom. The fraction of sp³-hybridized carbons (Fsp3) is 0.533. The molecule has 0 radical (unpaired) electrons. The third kappa shape index (κ3) is 3.63. The molecule has 4 heteroatoms. The van der Waals surface area contributed by atoms with Gasteiger partial charge in [0.2, 0.25) is 5.91 Å². The minimum atomic E-state index is -0.426. The molecule has 3 nitrogen and oxygen atoms in total. The lowest BCUT2D eigenvalue weighted by Gasteiger charge is -2.32. The van der Waals surface area contributed by atoms with Crippen LogP contribution >= 0.6 is 11.6 Å². The fourth-order valence-electron chi connectivity index (χ4n) is 3.07. The number of anilines is 1. The van der Waals surface area contributed by atoms with E-state index in [1.54, 1.807) is 18.2 Å². The summed E-state index contributed by atoms with van der Waals surface area (Å²) in [4.78, 5) is 11.2. The second-order valence-electron chi connectivity index (χ2n) is 5.82. The number of hydrogen-bond donors (Lipinski definition) is 2. The summed E-state index contributed by atoms with van der Waals surface area (Å²) in [6.07, 6.45) is 3.57. The Morgan fingerprint density at radius 3 is 2.47 bits per heavy atom. The highest BCUT2D eigenvalue weighted by atomic mass is 35.5. The van der Waals surface area contributed by atoms with Crippen molar-refractivity contribution in [1.82, 2.24) is 0 Å². The Bertz CT molecular complexity index is 465. The van der Waals surface area contributed by atoms with E-state index in [2.05, 4.69) is 19.2 Å². The van der Waals surface area contributed by atoms with Gasteiger partial charge in [-0.15, -0.1) is 0 Å². The lowest BCUT2D eigenvalue weighted by molar-refractivity contribution is 0.100. The van der Waals surface area contributed by atoms with Crippen LogP contribution in [0.3, 0.4) is 0 Å². The van der Waals surface area contributed by atoms with Crippen LogP contribution in [0.1, 0.15) is 43.5 Å². The number of nitrogens with one attached hydrogen (secondary N) is 1. The maximum atomic E-state index is 11.2. The van der Waals surface area contributed by atoms with Crippen LogP contribution in [-0.2, 0) is 0 Å². The number of carbonyl (C=O) groups is 1. The summed E-state index contributed by atoms with van der Waals surface area (Å²) >= 11 is 6.18. The van der Waals surface area contributed by atoms with Crippen LogP contribution in [0, 0.1) is 11.8 Å². The SMILES string of the molecule is CC1CC(C)CC(Nc2cc(C(N)=O)ccc2Cl)C1. The summed E-state index contributed by atoms with van der Waals surface area (Å²) in [5.41, 5.74) is 6.60. The summed E-state index contributed by atoms with van der Waals surface area (Å²) < 4.78 is 0. The first kappa shape index (κ1) is 14.2. The van der Waals surface area contributed by atoms with Crippen molar-refractivity contribution >= 4 is 23.2 Å². The number of hydrogen-bond acceptors (Lipinski definition) is 2. The lowest BCUT2D eigenvalue weighted by Crippen LogP contribution is -2.30. The van der Waals surface area contributed by atoms with Crippen LogP contribution in [0.2, 0.25) is 5.02 Å². The van der Waals surface area contributed by atoms with E-state index < -0.39 is 5.91 Å². The number of rotatable bonds is 3. The van der Waals surface area contributed by atoms with E-state index in [9.17, 15) is 4.79 Å². The molecule has 1 fully saturated rings. The Balaban J connectivity index is 2.13. The van der Waals surface area contributed by atoms with Crippen LogP contribution in [0.4, 0.5) is 5.69 Å². The standard InChI is InChI=1S/C15H21ClN2O/c1-9-5-10(2)7-12(6-9)18-14-8-11(15(17)19)3-4-13(14)16/h3-4,8-10,12,18H,5-7H2,1-2H3,(H2,17,19). The average molecular weight is 281 g/mol. The van der Waals surface area contributed by atoms with Gasteiger partial charge >= 0.3 is 0 Å². The van der Waals surface area contributed by atoms with Crippen LogP contribution in [0.25, 0.3) is 0 Å². The predicted molar refractivity (Wildman–Crippen MR) is 79.6 cm³/mol.